The summed E-state index contributed by atoms with van der Waals surface area (Å²) < 4.78 is 10.3. The molecule has 18 heavy (non-hydrogen) atoms. The van der Waals surface area contributed by atoms with Gasteiger partial charge in [0.05, 0.1) is 6.26 Å². The first-order valence-electron chi connectivity index (χ1n) is 6.03. The maximum atomic E-state index is 11.4. The Balaban J connectivity index is 2.31. The molecule has 0 aliphatic carbocycles. The van der Waals surface area contributed by atoms with E-state index in [0.29, 0.717) is 13.0 Å². The Kier molecular flexibility index (Phi) is 4.78. The molecule has 1 rings (SSSR count). The molecule has 1 amide bonds. The van der Waals surface area contributed by atoms with Crippen molar-refractivity contribution in [2.24, 2.45) is 5.73 Å². The molecule has 0 saturated carbocycles. The molecule has 3 N–H and O–H groups in total. The maximum absolute atomic E-state index is 11.4. The molecule has 0 spiro atoms. The van der Waals surface area contributed by atoms with Crippen LogP contribution in [0.25, 0.3) is 0 Å². The van der Waals surface area contributed by atoms with Gasteiger partial charge in [-0.2, -0.15) is 0 Å². The lowest BCUT2D eigenvalue weighted by atomic mass is 10.1. The van der Waals surface area contributed by atoms with Gasteiger partial charge < -0.3 is 20.2 Å². The molecule has 0 aliphatic heterocycles. The highest BCUT2D eigenvalue weighted by Crippen LogP contribution is 2.10. The summed E-state index contributed by atoms with van der Waals surface area (Å²) in [4.78, 5) is 11.4. The zero-order valence-electron chi connectivity index (χ0n) is 11.4. The first-order valence-corrected chi connectivity index (χ1v) is 6.03. The zero-order chi connectivity index (χ0) is 13.8. The molecule has 102 valence electrons. The van der Waals surface area contributed by atoms with E-state index in [9.17, 15) is 4.79 Å². The van der Waals surface area contributed by atoms with Crippen LogP contribution in [0.3, 0.4) is 0 Å². The van der Waals surface area contributed by atoms with Gasteiger partial charge in [-0.05, 0) is 45.7 Å². The summed E-state index contributed by atoms with van der Waals surface area (Å²) in [6.07, 6.45) is 1.86. The van der Waals surface area contributed by atoms with Gasteiger partial charge in [-0.1, -0.05) is 0 Å². The highest BCUT2D eigenvalue weighted by molar-refractivity contribution is 5.67. The van der Waals surface area contributed by atoms with Crippen LogP contribution >= 0.6 is 0 Å². The molecule has 0 saturated heterocycles. The predicted molar refractivity (Wildman–Crippen MR) is 69.4 cm³/mol. The number of nitrogens with two attached hydrogens (primary N) is 1. The smallest absolute Gasteiger partial charge is 0.407 e. The van der Waals surface area contributed by atoms with Gasteiger partial charge in [0.1, 0.15) is 11.4 Å². The van der Waals surface area contributed by atoms with Crippen molar-refractivity contribution in [3.63, 3.8) is 0 Å². The summed E-state index contributed by atoms with van der Waals surface area (Å²) in [6, 6.07) is 1.73. The number of nitrogens with one attached hydrogen (secondary N) is 1. The fourth-order valence-electron chi connectivity index (χ4n) is 1.51. The highest BCUT2D eigenvalue weighted by Gasteiger charge is 2.16. The van der Waals surface area contributed by atoms with Gasteiger partial charge in [-0.3, -0.25) is 0 Å². The summed E-state index contributed by atoms with van der Waals surface area (Å²) >= 11 is 0. The number of rotatable bonds is 4. The van der Waals surface area contributed by atoms with Crippen LogP contribution in [0.4, 0.5) is 4.79 Å². The molecule has 0 aromatic carbocycles. The second-order valence-corrected chi connectivity index (χ2v) is 5.35. The van der Waals surface area contributed by atoms with Crippen molar-refractivity contribution < 1.29 is 13.9 Å². The molecule has 1 heterocycles. The van der Waals surface area contributed by atoms with Crippen molar-refractivity contribution in [3.05, 3.63) is 23.7 Å². The van der Waals surface area contributed by atoms with Crippen LogP contribution in [0.5, 0.6) is 0 Å². The van der Waals surface area contributed by atoms with Crippen LogP contribution in [-0.4, -0.2) is 24.3 Å². The Bertz CT molecular complexity index is 393. The van der Waals surface area contributed by atoms with Crippen LogP contribution in [0.2, 0.25) is 0 Å². The minimum absolute atomic E-state index is 0.159. The first kappa shape index (κ1) is 14.6. The van der Waals surface area contributed by atoms with Crippen LogP contribution in [0, 0.1) is 6.92 Å². The summed E-state index contributed by atoms with van der Waals surface area (Å²) in [5.74, 6) is 0.864. The molecule has 1 unspecified atom stereocenters. The molecule has 5 heteroatoms. The third-order valence-electron chi connectivity index (χ3n) is 2.36. The molecule has 1 atom stereocenters. The lowest BCUT2D eigenvalue weighted by Crippen LogP contribution is -2.41. The molecule has 0 radical (unpaired) electrons. The standard InChI is InChI=1S/C13H22N2O3/c1-9-10(5-6-17-9)7-11(14)8-15-12(16)18-13(2,3)4/h5-6,11H,7-8,14H2,1-4H3,(H,15,16). The van der Waals surface area contributed by atoms with Crippen LogP contribution < -0.4 is 11.1 Å². The molecule has 0 bridgehead atoms. The number of carbonyl (C=O) groups excluding carboxylic acids is 1. The number of hydrogen-bond donors (Lipinski definition) is 2. The summed E-state index contributed by atoms with van der Waals surface area (Å²) in [6.45, 7) is 7.73. The minimum atomic E-state index is -0.491. The van der Waals surface area contributed by atoms with Crippen molar-refractivity contribution in [2.45, 2.75) is 45.8 Å². The summed E-state index contributed by atoms with van der Waals surface area (Å²) in [5, 5.41) is 2.65. The van der Waals surface area contributed by atoms with Gasteiger partial charge in [0.25, 0.3) is 0 Å². The Morgan fingerprint density at radius 2 is 2.22 bits per heavy atom. The highest BCUT2D eigenvalue weighted by atomic mass is 16.6. The lowest BCUT2D eigenvalue weighted by molar-refractivity contribution is 0.0524. The second-order valence-electron chi connectivity index (χ2n) is 5.35. The maximum Gasteiger partial charge on any atom is 0.407 e. The molecular weight excluding hydrogens is 232 g/mol. The van der Waals surface area contributed by atoms with E-state index >= 15 is 0 Å². The minimum Gasteiger partial charge on any atom is -0.469 e. The van der Waals surface area contributed by atoms with Gasteiger partial charge in [-0.15, -0.1) is 0 Å². The van der Waals surface area contributed by atoms with E-state index in [1.165, 1.54) is 0 Å². The fraction of sp³-hybridized carbons (Fsp3) is 0.615. The molecular formula is C13H22N2O3. The van der Waals surface area contributed by atoms with Gasteiger partial charge >= 0.3 is 6.09 Å². The Hall–Kier alpha value is -1.49. The third kappa shape index (κ3) is 5.23. The first-order chi connectivity index (χ1) is 8.28. The van der Waals surface area contributed by atoms with Gasteiger partial charge in [0, 0.05) is 12.6 Å². The zero-order valence-corrected chi connectivity index (χ0v) is 11.4. The van der Waals surface area contributed by atoms with Crippen molar-refractivity contribution in [1.29, 1.82) is 0 Å². The van der Waals surface area contributed by atoms with E-state index in [4.69, 9.17) is 14.9 Å². The Labute approximate surface area is 108 Å². The molecule has 0 fully saturated rings. The van der Waals surface area contributed by atoms with Crippen LogP contribution in [-0.2, 0) is 11.2 Å². The van der Waals surface area contributed by atoms with Crippen LogP contribution in [0.15, 0.2) is 16.7 Å². The van der Waals surface area contributed by atoms with Crippen molar-refractivity contribution in [1.82, 2.24) is 5.32 Å². The largest absolute Gasteiger partial charge is 0.469 e. The lowest BCUT2D eigenvalue weighted by Gasteiger charge is -2.20. The van der Waals surface area contributed by atoms with Gasteiger partial charge in [0.15, 0.2) is 0 Å². The second kappa shape index (κ2) is 5.91. The Morgan fingerprint density at radius 3 is 2.72 bits per heavy atom. The number of carbonyl (C=O) groups is 1. The monoisotopic (exact) mass is 254 g/mol. The fourth-order valence-corrected chi connectivity index (χ4v) is 1.51. The van der Waals surface area contributed by atoms with Gasteiger partial charge in [0.2, 0.25) is 0 Å². The number of furan rings is 1. The van der Waals surface area contributed by atoms with Gasteiger partial charge in [-0.25, -0.2) is 4.79 Å². The summed E-state index contributed by atoms with van der Waals surface area (Å²) in [5.41, 5.74) is 6.51. The van der Waals surface area contributed by atoms with E-state index < -0.39 is 11.7 Å². The average Bonchev–Trinajstić information content (AvgIpc) is 2.59. The average molecular weight is 254 g/mol. The van der Waals surface area contributed by atoms with E-state index in [-0.39, 0.29) is 6.04 Å². The van der Waals surface area contributed by atoms with E-state index in [1.807, 2.05) is 33.8 Å². The van der Waals surface area contributed by atoms with E-state index in [2.05, 4.69) is 5.32 Å². The molecule has 1 aromatic heterocycles. The van der Waals surface area contributed by atoms with Crippen molar-refractivity contribution in [2.75, 3.05) is 6.54 Å². The van der Waals surface area contributed by atoms with Crippen molar-refractivity contribution >= 4 is 6.09 Å². The van der Waals surface area contributed by atoms with Crippen LogP contribution in [0.1, 0.15) is 32.1 Å². The number of aryl methyl sites for hydroxylation is 1. The number of hydrogen-bond acceptors (Lipinski definition) is 4. The molecule has 0 aliphatic rings. The van der Waals surface area contributed by atoms with E-state index in [0.717, 1.165) is 11.3 Å². The number of ether oxygens (including phenoxy) is 1. The predicted octanol–water partition coefficient (Wildman–Crippen LogP) is 1.98. The van der Waals surface area contributed by atoms with E-state index in [1.54, 1.807) is 6.26 Å². The molecule has 5 nitrogen and oxygen atoms in total. The topological polar surface area (TPSA) is 77.5 Å². The Morgan fingerprint density at radius 1 is 1.56 bits per heavy atom. The normalized spacial score (nSPS) is 13.2. The number of amides is 1. The quantitative estimate of drug-likeness (QED) is 0.861. The SMILES string of the molecule is Cc1occc1CC(N)CNC(=O)OC(C)(C)C. The number of alkyl carbamates (subject to hydrolysis) is 1. The third-order valence-corrected chi connectivity index (χ3v) is 2.36. The summed E-state index contributed by atoms with van der Waals surface area (Å²) in [7, 11) is 0. The molecule has 1 aromatic rings. The van der Waals surface area contributed by atoms with Crippen molar-refractivity contribution in [3.8, 4) is 0 Å².